The number of rotatable bonds is 4. The van der Waals surface area contributed by atoms with Gasteiger partial charge < -0.3 is 9.64 Å². The summed E-state index contributed by atoms with van der Waals surface area (Å²) in [7, 11) is 0. The molecule has 1 aromatic rings. The SMILES string of the molecule is ClCCC1CCCN(CC2CCOc3ccccc32)C1. The van der Waals surface area contributed by atoms with Crippen LogP contribution in [0.3, 0.4) is 0 Å². The zero-order chi connectivity index (χ0) is 13.8. The Morgan fingerprint density at radius 1 is 1.25 bits per heavy atom. The first-order chi connectivity index (χ1) is 9.86. The molecular formula is C17H24ClNO. The Bertz CT molecular complexity index is 435. The van der Waals surface area contributed by atoms with Gasteiger partial charge in [-0.3, -0.25) is 0 Å². The van der Waals surface area contributed by atoms with Crippen molar-refractivity contribution in [2.75, 3.05) is 32.1 Å². The largest absolute Gasteiger partial charge is 0.493 e. The van der Waals surface area contributed by atoms with E-state index in [1.54, 1.807) is 0 Å². The van der Waals surface area contributed by atoms with Crippen molar-refractivity contribution in [3.8, 4) is 5.75 Å². The van der Waals surface area contributed by atoms with Gasteiger partial charge in [0.05, 0.1) is 6.61 Å². The van der Waals surface area contributed by atoms with E-state index in [4.69, 9.17) is 16.3 Å². The fourth-order valence-corrected chi connectivity index (χ4v) is 3.93. The predicted molar refractivity (Wildman–Crippen MR) is 83.8 cm³/mol. The summed E-state index contributed by atoms with van der Waals surface area (Å²) in [6, 6.07) is 8.54. The van der Waals surface area contributed by atoms with Gasteiger partial charge in [-0.05, 0) is 49.8 Å². The first-order valence-corrected chi connectivity index (χ1v) is 8.40. The zero-order valence-corrected chi connectivity index (χ0v) is 12.8. The van der Waals surface area contributed by atoms with E-state index in [2.05, 4.69) is 29.2 Å². The second-order valence-corrected chi connectivity index (χ2v) is 6.50. The number of nitrogens with zero attached hydrogens (tertiary/aromatic N) is 1. The number of halogens is 1. The quantitative estimate of drug-likeness (QED) is 0.781. The molecule has 0 bridgehead atoms. The molecule has 3 rings (SSSR count). The lowest BCUT2D eigenvalue weighted by molar-refractivity contribution is 0.150. The lowest BCUT2D eigenvalue weighted by Crippen LogP contribution is -2.39. The number of hydrogen-bond acceptors (Lipinski definition) is 2. The summed E-state index contributed by atoms with van der Waals surface area (Å²) in [5.74, 6) is 3.34. The third-order valence-corrected chi connectivity index (χ3v) is 4.90. The van der Waals surface area contributed by atoms with Gasteiger partial charge in [0.1, 0.15) is 5.75 Å². The molecule has 2 heterocycles. The molecular weight excluding hydrogens is 270 g/mol. The third-order valence-electron chi connectivity index (χ3n) is 4.68. The van der Waals surface area contributed by atoms with Crippen LogP contribution >= 0.6 is 11.6 Å². The lowest BCUT2D eigenvalue weighted by Gasteiger charge is -2.36. The van der Waals surface area contributed by atoms with E-state index in [-0.39, 0.29) is 0 Å². The first kappa shape index (κ1) is 14.2. The van der Waals surface area contributed by atoms with Gasteiger partial charge in [-0.25, -0.2) is 0 Å². The van der Waals surface area contributed by atoms with Crippen molar-refractivity contribution < 1.29 is 4.74 Å². The average Bonchev–Trinajstić information content (AvgIpc) is 2.48. The van der Waals surface area contributed by atoms with E-state index in [1.807, 2.05) is 0 Å². The molecule has 0 aromatic heterocycles. The highest BCUT2D eigenvalue weighted by Gasteiger charge is 2.26. The van der Waals surface area contributed by atoms with Crippen molar-refractivity contribution in [3.05, 3.63) is 29.8 Å². The molecule has 110 valence electrons. The topological polar surface area (TPSA) is 12.5 Å². The molecule has 20 heavy (non-hydrogen) atoms. The van der Waals surface area contributed by atoms with E-state index in [9.17, 15) is 0 Å². The Morgan fingerprint density at radius 2 is 2.15 bits per heavy atom. The number of benzene rings is 1. The highest BCUT2D eigenvalue weighted by molar-refractivity contribution is 6.17. The summed E-state index contributed by atoms with van der Waals surface area (Å²) >= 11 is 5.91. The van der Waals surface area contributed by atoms with Crippen LogP contribution in [0, 0.1) is 5.92 Å². The van der Waals surface area contributed by atoms with E-state index in [1.165, 1.54) is 44.5 Å². The molecule has 2 unspecified atom stereocenters. The Morgan fingerprint density at radius 3 is 3.05 bits per heavy atom. The maximum atomic E-state index is 5.91. The predicted octanol–water partition coefficient (Wildman–Crippen LogP) is 3.89. The van der Waals surface area contributed by atoms with Crippen molar-refractivity contribution in [2.45, 2.75) is 31.6 Å². The summed E-state index contributed by atoms with van der Waals surface area (Å²) in [6.07, 6.45) is 5.00. The maximum Gasteiger partial charge on any atom is 0.122 e. The van der Waals surface area contributed by atoms with Crippen molar-refractivity contribution in [3.63, 3.8) is 0 Å². The number of likely N-dealkylation sites (tertiary alicyclic amines) is 1. The molecule has 0 radical (unpaired) electrons. The number of piperidine rings is 1. The maximum absolute atomic E-state index is 5.91. The molecule has 0 amide bonds. The first-order valence-electron chi connectivity index (χ1n) is 7.87. The molecule has 1 aromatic carbocycles. The summed E-state index contributed by atoms with van der Waals surface area (Å²) in [4.78, 5) is 2.65. The van der Waals surface area contributed by atoms with E-state index < -0.39 is 0 Å². The highest BCUT2D eigenvalue weighted by atomic mass is 35.5. The van der Waals surface area contributed by atoms with Gasteiger partial charge >= 0.3 is 0 Å². The molecule has 1 fully saturated rings. The standard InChI is InChI=1S/C17H24ClNO/c18-9-7-14-4-3-10-19(12-14)13-15-8-11-20-17-6-2-1-5-16(15)17/h1-2,5-6,14-15H,3-4,7-13H2. The van der Waals surface area contributed by atoms with E-state index >= 15 is 0 Å². The van der Waals surface area contributed by atoms with Crippen LogP contribution < -0.4 is 4.74 Å². The van der Waals surface area contributed by atoms with E-state index in [0.717, 1.165) is 30.6 Å². The van der Waals surface area contributed by atoms with Gasteiger partial charge in [0.15, 0.2) is 0 Å². The Balaban J connectivity index is 1.63. The minimum absolute atomic E-state index is 0.634. The number of ether oxygens (including phenoxy) is 1. The van der Waals surface area contributed by atoms with Crippen LogP contribution in [0.4, 0.5) is 0 Å². The number of hydrogen-bond donors (Lipinski definition) is 0. The lowest BCUT2D eigenvalue weighted by atomic mass is 9.90. The molecule has 0 saturated carbocycles. The summed E-state index contributed by atoms with van der Waals surface area (Å²) < 4.78 is 5.77. The molecule has 1 saturated heterocycles. The monoisotopic (exact) mass is 293 g/mol. The molecule has 3 heteroatoms. The number of para-hydroxylation sites is 1. The van der Waals surface area contributed by atoms with Crippen molar-refractivity contribution in [1.29, 1.82) is 0 Å². The van der Waals surface area contributed by atoms with Gasteiger partial charge in [0, 0.05) is 24.9 Å². The summed E-state index contributed by atoms with van der Waals surface area (Å²) in [5, 5.41) is 0. The molecule has 0 spiro atoms. The zero-order valence-electron chi connectivity index (χ0n) is 12.1. The van der Waals surface area contributed by atoms with Gasteiger partial charge in [-0.1, -0.05) is 18.2 Å². The molecule has 2 aliphatic heterocycles. The van der Waals surface area contributed by atoms with Crippen LogP contribution in [-0.2, 0) is 0 Å². The highest BCUT2D eigenvalue weighted by Crippen LogP contribution is 2.34. The Hall–Kier alpha value is -0.730. The van der Waals surface area contributed by atoms with Crippen LogP contribution in [0.25, 0.3) is 0 Å². The van der Waals surface area contributed by atoms with Gasteiger partial charge in [0.25, 0.3) is 0 Å². The fraction of sp³-hybridized carbons (Fsp3) is 0.647. The number of alkyl halides is 1. The van der Waals surface area contributed by atoms with E-state index in [0.29, 0.717) is 5.92 Å². The fourth-order valence-electron chi connectivity index (χ4n) is 3.62. The van der Waals surface area contributed by atoms with Crippen molar-refractivity contribution in [1.82, 2.24) is 4.90 Å². The Labute approximate surface area is 127 Å². The van der Waals surface area contributed by atoms with Gasteiger partial charge in [-0.15, -0.1) is 11.6 Å². The second kappa shape index (κ2) is 6.82. The van der Waals surface area contributed by atoms with Crippen molar-refractivity contribution in [2.24, 2.45) is 5.92 Å². The van der Waals surface area contributed by atoms with Crippen LogP contribution in [-0.4, -0.2) is 37.0 Å². The van der Waals surface area contributed by atoms with Crippen LogP contribution in [0.5, 0.6) is 5.75 Å². The Kier molecular flexibility index (Phi) is 4.85. The van der Waals surface area contributed by atoms with Crippen LogP contribution in [0.15, 0.2) is 24.3 Å². The van der Waals surface area contributed by atoms with Crippen molar-refractivity contribution >= 4 is 11.6 Å². The second-order valence-electron chi connectivity index (χ2n) is 6.12. The average molecular weight is 294 g/mol. The van der Waals surface area contributed by atoms with Gasteiger partial charge in [-0.2, -0.15) is 0 Å². The normalized spacial score (nSPS) is 26.9. The smallest absolute Gasteiger partial charge is 0.122 e. The minimum Gasteiger partial charge on any atom is -0.493 e. The summed E-state index contributed by atoms with van der Waals surface area (Å²) in [6.45, 7) is 4.52. The molecule has 2 atom stereocenters. The summed E-state index contributed by atoms with van der Waals surface area (Å²) in [5.41, 5.74) is 1.40. The molecule has 2 nitrogen and oxygen atoms in total. The molecule has 0 N–H and O–H groups in total. The van der Waals surface area contributed by atoms with Gasteiger partial charge in [0.2, 0.25) is 0 Å². The third kappa shape index (κ3) is 3.29. The van der Waals surface area contributed by atoms with Crippen LogP contribution in [0.1, 0.15) is 37.2 Å². The minimum atomic E-state index is 0.634. The molecule has 2 aliphatic rings. The molecule has 0 aliphatic carbocycles. The van der Waals surface area contributed by atoms with Crippen LogP contribution in [0.2, 0.25) is 0 Å². The number of fused-ring (bicyclic) bond motifs is 1.